The fourth-order valence-electron chi connectivity index (χ4n) is 2.41. The van der Waals surface area contributed by atoms with Crippen LogP contribution in [-0.2, 0) is 17.8 Å². The van der Waals surface area contributed by atoms with Gasteiger partial charge in [-0.25, -0.2) is 0 Å². The van der Waals surface area contributed by atoms with Crippen molar-refractivity contribution in [3.8, 4) is 5.75 Å². The number of nitrogens with one attached hydrogen (secondary N) is 1. The van der Waals surface area contributed by atoms with Crippen LogP contribution in [0.3, 0.4) is 0 Å². The third-order valence-electron chi connectivity index (χ3n) is 3.55. The monoisotopic (exact) mass is 295 g/mol. The predicted molar refractivity (Wildman–Crippen MR) is 84.8 cm³/mol. The van der Waals surface area contributed by atoms with Gasteiger partial charge in [0.2, 0.25) is 5.91 Å². The number of carbonyl (C=O) groups is 1. The fraction of sp³-hybridized carbons (Fsp3) is 0.167. The molecule has 0 aliphatic heterocycles. The Labute approximate surface area is 128 Å². The summed E-state index contributed by atoms with van der Waals surface area (Å²) in [6.45, 7) is 0.527. The molecule has 0 aliphatic carbocycles. The molecule has 1 aromatic heterocycles. The molecule has 112 valence electrons. The number of benzene rings is 2. The Morgan fingerprint density at radius 3 is 2.73 bits per heavy atom. The Morgan fingerprint density at radius 2 is 1.95 bits per heavy atom. The van der Waals surface area contributed by atoms with E-state index in [0.717, 1.165) is 16.5 Å². The van der Waals surface area contributed by atoms with Crippen molar-refractivity contribution in [2.75, 3.05) is 7.11 Å². The molecule has 4 nitrogen and oxygen atoms in total. The largest absolute Gasteiger partial charge is 0.493 e. The van der Waals surface area contributed by atoms with E-state index in [9.17, 15) is 4.79 Å². The van der Waals surface area contributed by atoms with E-state index in [0.29, 0.717) is 17.9 Å². The molecular formula is C18H17NO3. The van der Waals surface area contributed by atoms with Crippen LogP contribution in [0.5, 0.6) is 5.75 Å². The van der Waals surface area contributed by atoms with Crippen molar-refractivity contribution in [1.29, 1.82) is 0 Å². The van der Waals surface area contributed by atoms with Crippen LogP contribution in [0.2, 0.25) is 0 Å². The number of rotatable bonds is 5. The number of hydrogen-bond donors (Lipinski definition) is 1. The van der Waals surface area contributed by atoms with Crippen molar-refractivity contribution in [1.82, 2.24) is 5.32 Å². The van der Waals surface area contributed by atoms with Gasteiger partial charge in [0.15, 0.2) is 11.3 Å². The second-order valence-corrected chi connectivity index (χ2v) is 5.04. The summed E-state index contributed by atoms with van der Waals surface area (Å²) >= 11 is 0. The molecular weight excluding hydrogens is 278 g/mol. The first kappa shape index (κ1) is 14.2. The third kappa shape index (κ3) is 2.96. The Bertz CT molecular complexity index is 777. The first-order chi connectivity index (χ1) is 10.8. The number of furan rings is 1. The highest BCUT2D eigenvalue weighted by atomic mass is 16.5. The Hall–Kier alpha value is -2.75. The quantitative estimate of drug-likeness (QED) is 0.785. The van der Waals surface area contributed by atoms with Crippen LogP contribution in [0.25, 0.3) is 11.0 Å². The van der Waals surface area contributed by atoms with E-state index in [2.05, 4.69) is 5.32 Å². The molecule has 0 aliphatic rings. The zero-order chi connectivity index (χ0) is 15.4. The smallest absolute Gasteiger partial charge is 0.224 e. The van der Waals surface area contributed by atoms with E-state index in [4.69, 9.17) is 9.15 Å². The van der Waals surface area contributed by atoms with Gasteiger partial charge < -0.3 is 14.5 Å². The second-order valence-electron chi connectivity index (χ2n) is 5.04. The number of para-hydroxylation sites is 1. The van der Waals surface area contributed by atoms with Gasteiger partial charge in [0, 0.05) is 17.5 Å². The maximum Gasteiger partial charge on any atom is 0.224 e. The van der Waals surface area contributed by atoms with Crippen LogP contribution >= 0.6 is 0 Å². The summed E-state index contributed by atoms with van der Waals surface area (Å²) in [6, 6.07) is 15.5. The summed E-state index contributed by atoms with van der Waals surface area (Å²) in [5.74, 6) is 0.641. The van der Waals surface area contributed by atoms with Gasteiger partial charge in [-0.15, -0.1) is 0 Å². The third-order valence-corrected chi connectivity index (χ3v) is 3.55. The summed E-state index contributed by atoms with van der Waals surface area (Å²) in [4.78, 5) is 12.1. The Kier molecular flexibility index (Phi) is 4.10. The summed E-state index contributed by atoms with van der Waals surface area (Å²) < 4.78 is 10.8. The molecule has 0 fully saturated rings. The van der Waals surface area contributed by atoms with E-state index >= 15 is 0 Å². The molecule has 0 bridgehead atoms. The second kappa shape index (κ2) is 6.35. The molecule has 0 radical (unpaired) electrons. The van der Waals surface area contributed by atoms with Crippen molar-refractivity contribution in [3.05, 3.63) is 65.9 Å². The number of hydrogen-bond acceptors (Lipinski definition) is 3. The topological polar surface area (TPSA) is 51.5 Å². The normalized spacial score (nSPS) is 10.6. The summed E-state index contributed by atoms with van der Waals surface area (Å²) in [7, 11) is 1.60. The van der Waals surface area contributed by atoms with Gasteiger partial charge in [0.1, 0.15) is 0 Å². The van der Waals surface area contributed by atoms with Gasteiger partial charge in [-0.3, -0.25) is 4.79 Å². The summed E-state index contributed by atoms with van der Waals surface area (Å²) in [5.41, 5.74) is 2.62. The van der Waals surface area contributed by atoms with E-state index in [1.54, 1.807) is 13.4 Å². The lowest BCUT2D eigenvalue weighted by molar-refractivity contribution is -0.120. The van der Waals surface area contributed by atoms with Crippen molar-refractivity contribution < 1.29 is 13.9 Å². The maximum absolute atomic E-state index is 12.1. The van der Waals surface area contributed by atoms with E-state index in [1.807, 2.05) is 48.5 Å². The minimum absolute atomic E-state index is 0.0330. The average molecular weight is 295 g/mol. The van der Waals surface area contributed by atoms with Crippen LogP contribution in [0, 0.1) is 0 Å². The number of fused-ring (bicyclic) bond motifs is 1. The molecule has 1 N–H and O–H groups in total. The average Bonchev–Trinajstić information content (AvgIpc) is 2.97. The van der Waals surface area contributed by atoms with Crippen LogP contribution in [-0.4, -0.2) is 13.0 Å². The van der Waals surface area contributed by atoms with Gasteiger partial charge in [-0.1, -0.05) is 42.5 Å². The zero-order valence-electron chi connectivity index (χ0n) is 12.3. The van der Waals surface area contributed by atoms with Gasteiger partial charge in [-0.2, -0.15) is 0 Å². The fourth-order valence-corrected chi connectivity index (χ4v) is 2.41. The lowest BCUT2D eigenvalue weighted by Crippen LogP contribution is -2.24. The minimum Gasteiger partial charge on any atom is -0.493 e. The van der Waals surface area contributed by atoms with E-state index in [-0.39, 0.29) is 12.3 Å². The van der Waals surface area contributed by atoms with Crippen LogP contribution in [0.4, 0.5) is 0 Å². The summed E-state index contributed by atoms with van der Waals surface area (Å²) in [5, 5.41) is 3.83. The highest BCUT2D eigenvalue weighted by Crippen LogP contribution is 2.29. The van der Waals surface area contributed by atoms with Gasteiger partial charge in [0.05, 0.1) is 19.8 Å². The van der Waals surface area contributed by atoms with E-state index < -0.39 is 0 Å². The van der Waals surface area contributed by atoms with E-state index in [1.165, 1.54) is 0 Å². The lowest BCUT2D eigenvalue weighted by atomic mass is 10.1. The standard InChI is InChI=1S/C18H17NO3/c1-21-16-9-5-8-15-14(12-22-18(15)16)10-17(20)19-11-13-6-3-2-4-7-13/h2-9,12H,10-11H2,1H3,(H,19,20). The van der Waals surface area contributed by atoms with Crippen molar-refractivity contribution >= 4 is 16.9 Å². The lowest BCUT2D eigenvalue weighted by Gasteiger charge is -2.05. The molecule has 3 aromatic rings. The molecule has 3 rings (SSSR count). The van der Waals surface area contributed by atoms with Crippen LogP contribution < -0.4 is 10.1 Å². The first-order valence-corrected chi connectivity index (χ1v) is 7.11. The van der Waals surface area contributed by atoms with Gasteiger partial charge >= 0.3 is 0 Å². The van der Waals surface area contributed by atoms with Gasteiger partial charge in [-0.05, 0) is 11.6 Å². The zero-order valence-corrected chi connectivity index (χ0v) is 12.3. The Balaban J connectivity index is 1.69. The van der Waals surface area contributed by atoms with Crippen molar-refractivity contribution in [2.45, 2.75) is 13.0 Å². The molecule has 22 heavy (non-hydrogen) atoms. The number of amides is 1. The molecule has 1 heterocycles. The molecule has 0 atom stereocenters. The predicted octanol–water partition coefficient (Wildman–Crippen LogP) is 3.30. The van der Waals surface area contributed by atoms with Crippen molar-refractivity contribution in [2.24, 2.45) is 0 Å². The van der Waals surface area contributed by atoms with Crippen LogP contribution in [0.1, 0.15) is 11.1 Å². The molecule has 1 amide bonds. The highest BCUT2D eigenvalue weighted by Gasteiger charge is 2.13. The number of methoxy groups -OCH3 is 1. The van der Waals surface area contributed by atoms with Gasteiger partial charge in [0.25, 0.3) is 0 Å². The number of ether oxygens (including phenoxy) is 1. The number of carbonyl (C=O) groups excluding carboxylic acids is 1. The molecule has 4 heteroatoms. The van der Waals surface area contributed by atoms with Crippen molar-refractivity contribution in [3.63, 3.8) is 0 Å². The molecule has 0 unspecified atom stereocenters. The molecule has 0 saturated heterocycles. The highest BCUT2D eigenvalue weighted by molar-refractivity contribution is 5.90. The molecule has 0 saturated carbocycles. The molecule has 2 aromatic carbocycles. The minimum atomic E-state index is -0.0330. The SMILES string of the molecule is COc1cccc2c(CC(=O)NCc3ccccc3)coc12. The first-order valence-electron chi connectivity index (χ1n) is 7.11. The van der Waals surface area contributed by atoms with Crippen LogP contribution in [0.15, 0.2) is 59.2 Å². The molecule has 0 spiro atoms. The Morgan fingerprint density at radius 1 is 1.14 bits per heavy atom. The summed E-state index contributed by atoms with van der Waals surface area (Å²) in [6.07, 6.45) is 1.91. The maximum atomic E-state index is 12.1.